The molecule has 6 nitrogen and oxygen atoms in total. The number of hydrogen-bond donors (Lipinski definition) is 2. The van der Waals surface area contributed by atoms with Gasteiger partial charge in [-0.1, -0.05) is 18.2 Å². The van der Waals surface area contributed by atoms with Gasteiger partial charge in [-0.2, -0.15) is 0 Å². The number of fused-ring (bicyclic) bond motifs is 1. The molecule has 6 heteroatoms. The molecule has 2 heterocycles. The molecule has 0 bridgehead atoms. The zero-order valence-electron chi connectivity index (χ0n) is 12.9. The average Bonchev–Trinajstić information content (AvgIpc) is 2.50. The lowest BCUT2D eigenvalue weighted by Gasteiger charge is -2.25. The van der Waals surface area contributed by atoms with E-state index in [9.17, 15) is 9.59 Å². The number of carboxylic acids is 1. The predicted molar refractivity (Wildman–Crippen MR) is 87.6 cm³/mol. The zero-order chi connectivity index (χ0) is 16.6. The molecular weight excluding hydrogens is 294 g/mol. The zero-order valence-corrected chi connectivity index (χ0v) is 12.9. The van der Waals surface area contributed by atoms with E-state index in [-0.39, 0.29) is 11.6 Å². The Bertz CT molecular complexity index is 868. The first kappa shape index (κ1) is 15.0. The van der Waals surface area contributed by atoms with Gasteiger partial charge in [0, 0.05) is 17.9 Å². The summed E-state index contributed by atoms with van der Waals surface area (Å²) in [7, 11) is 0. The Hall–Kier alpha value is -2.89. The number of hydrogen-bond acceptors (Lipinski definition) is 4. The normalized spacial score (nSPS) is 16.4. The fourth-order valence-corrected chi connectivity index (χ4v) is 2.69. The molecule has 0 aliphatic carbocycles. The molecular formula is C17H17N3O3. The standard InChI is InChI=1S/C17H17N3O3/c1-10-4-3-5-12(8-10)19-14-7-6-11(2)20-15(14)18-9-13(16(20)21)17(22)23/h3-5,7-9,11,19H,6H2,1-2H3,(H,22,23). The number of anilines is 1. The summed E-state index contributed by atoms with van der Waals surface area (Å²) in [5.41, 5.74) is 1.90. The Kier molecular flexibility index (Phi) is 3.73. The molecule has 118 valence electrons. The second kappa shape index (κ2) is 5.72. The number of benzene rings is 1. The number of rotatable bonds is 3. The molecule has 0 radical (unpaired) electrons. The van der Waals surface area contributed by atoms with Crippen molar-refractivity contribution in [1.82, 2.24) is 9.55 Å². The quantitative estimate of drug-likeness (QED) is 0.910. The van der Waals surface area contributed by atoms with Gasteiger partial charge < -0.3 is 10.4 Å². The van der Waals surface area contributed by atoms with Crippen LogP contribution in [0.5, 0.6) is 0 Å². The highest BCUT2D eigenvalue weighted by atomic mass is 16.4. The molecule has 1 aromatic carbocycles. The van der Waals surface area contributed by atoms with Crippen LogP contribution in [0.3, 0.4) is 0 Å². The summed E-state index contributed by atoms with van der Waals surface area (Å²) in [6, 6.07) is 7.73. The molecule has 2 N–H and O–H groups in total. The minimum Gasteiger partial charge on any atom is -0.477 e. The molecule has 1 aliphatic heterocycles. The van der Waals surface area contributed by atoms with E-state index in [2.05, 4.69) is 10.3 Å². The highest BCUT2D eigenvalue weighted by Crippen LogP contribution is 2.26. The van der Waals surface area contributed by atoms with Crippen LogP contribution in [-0.2, 0) is 0 Å². The number of carboxylic acid groups (broad SMARTS) is 1. The van der Waals surface area contributed by atoms with Crippen molar-refractivity contribution in [2.45, 2.75) is 26.3 Å². The van der Waals surface area contributed by atoms with Crippen molar-refractivity contribution >= 4 is 17.4 Å². The first-order chi connectivity index (χ1) is 11.0. The van der Waals surface area contributed by atoms with Gasteiger partial charge in [-0.05, 0) is 38.0 Å². The van der Waals surface area contributed by atoms with E-state index in [0.717, 1.165) is 17.4 Å². The Labute approximate surface area is 133 Å². The number of aromatic carboxylic acids is 1. The topological polar surface area (TPSA) is 84.2 Å². The smallest absolute Gasteiger partial charge is 0.342 e. The van der Waals surface area contributed by atoms with Gasteiger partial charge in [0.2, 0.25) is 0 Å². The summed E-state index contributed by atoms with van der Waals surface area (Å²) < 4.78 is 1.45. The molecule has 0 amide bonds. The molecule has 3 rings (SSSR count). The summed E-state index contributed by atoms with van der Waals surface area (Å²) in [6.07, 6.45) is 3.74. The molecule has 1 aliphatic rings. The average molecular weight is 311 g/mol. The monoisotopic (exact) mass is 311 g/mol. The van der Waals surface area contributed by atoms with E-state index in [1.165, 1.54) is 4.57 Å². The van der Waals surface area contributed by atoms with Crippen molar-refractivity contribution in [1.29, 1.82) is 0 Å². The Morgan fingerprint density at radius 2 is 2.22 bits per heavy atom. The summed E-state index contributed by atoms with van der Waals surface area (Å²) in [4.78, 5) is 27.7. The van der Waals surface area contributed by atoms with Crippen LogP contribution in [0.15, 0.2) is 41.3 Å². The first-order valence-electron chi connectivity index (χ1n) is 7.36. The third-order valence-corrected chi connectivity index (χ3v) is 3.87. The Balaban J connectivity index is 2.05. The molecule has 1 unspecified atom stereocenters. The van der Waals surface area contributed by atoms with Gasteiger partial charge in [0.25, 0.3) is 5.56 Å². The van der Waals surface area contributed by atoms with Crippen LogP contribution in [-0.4, -0.2) is 20.6 Å². The minimum atomic E-state index is -1.26. The molecule has 1 atom stereocenters. The number of allylic oxidation sites excluding steroid dienone is 1. The van der Waals surface area contributed by atoms with E-state index < -0.39 is 11.5 Å². The van der Waals surface area contributed by atoms with Crippen molar-refractivity contribution in [2.75, 3.05) is 5.32 Å². The van der Waals surface area contributed by atoms with Crippen molar-refractivity contribution in [3.05, 3.63) is 63.8 Å². The van der Waals surface area contributed by atoms with Crippen LogP contribution >= 0.6 is 0 Å². The Morgan fingerprint density at radius 3 is 2.91 bits per heavy atom. The van der Waals surface area contributed by atoms with Crippen molar-refractivity contribution < 1.29 is 9.90 Å². The number of nitrogens with one attached hydrogen (secondary N) is 1. The molecule has 2 aromatic rings. The van der Waals surface area contributed by atoms with Gasteiger partial charge in [0.05, 0.1) is 5.70 Å². The molecule has 0 saturated heterocycles. The van der Waals surface area contributed by atoms with Gasteiger partial charge in [0.15, 0.2) is 5.82 Å². The maximum absolute atomic E-state index is 12.4. The lowest BCUT2D eigenvalue weighted by atomic mass is 10.1. The summed E-state index contributed by atoms with van der Waals surface area (Å²) in [5, 5.41) is 12.4. The van der Waals surface area contributed by atoms with Crippen LogP contribution < -0.4 is 10.9 Å². The highest BCUT2D eigenvalue weighted by Gasteiger charge is 2.24. The van der Waals surface area contributed by atoms with Crippen LogP contribution in [0.1, 0.15) is 41.1 Å². The Morgan fingerprint density at radius 1 is 1.43 bits per heavy atom. The van der Waals surface area contributed by atoms with Crippen LogP contribution in [0.4, 0.5) is 5.69 Å². The van der Waals surface area contributed by atoms with Gasteiger partial charge in [0.1, 0.15) is 5.56 Å². The van der Waals surface area contributed by atoms with Gasteiger partial charge in [-0.25, -0.2) is 9.78 Å². The summed E-state index contributed by atoms with van der Waals surface area (Å²) in [6.45, 7) is 3.87. The second-order valence-corrected chi connectivity index (χ2v) is 5.67. The number of nitrogens with zero attached hydrogens (tertiary/aromatic N) is 2. The van der Waals surface area contributed by atoms with Gasteiger partial charge in [-0.15, -0.1) is 0 Å². The van der Waals surface area contributed by atoms with Crippen LogP contribution in [0.2, 0.25) is 0 Å². The second-order valence-electron chi connectivity index (χ2n) is 5.67. The largest absolute Gasteiger partial charge is 0.477 e. The van der Waals surface area contributed by atoms with E-state index in [1.807, 2.05) is 44.2 Å². The predicted octanol–water partition coefficient (Wildman–Crippen LogP) is 2.67. The third kappa shape index (κ3) is 2.75. The van der Waals surface area contributed by atoms with Gasteiger partial charge in [-0.3, -0.25) is 9.36 Å². The number of aryl methyl sites for hydroxylation is 1. The first-order valence-corrected chi connectivity index (χ1v) is 7.36. The molecule has 0 spiro atoms. The highest BCUT2D eigenvalue weighted by molar-refractivity contribution is 5.87. The van der Waals surface area contributed by atoms with Gasteiger partial charge >= 0.3 is 5.97 Å². The number of aromatic nitrogens is 2. The van der Waals surface area contributed by atoms with E-state index >= 15 is 0 Å². The van der Waals surface area contributed by atoms with Crippen molar-refractivity contribution in [3.63, 3.8) is 0 Å². The van der Waals surface area contributed by atoms with Crippen LogP contribution in [0, 0.1) is 6.92 Å². The van der Waals surface area contributed by atoms with Crippen molar-refractivity contribution in [2.24, 2.45) is 0 Å². The minimum absolute atomic E-state index is 0.132. The molecule has 23 heavy (non-hydrogen) atoms. The molecule has 0 fully saturated rings. The fraction of sp³-hybridized carbons (Fsp3) is 0.235. The number of carbonyl (C=O) groups is 1. The lowest BCUT2D eigenvalue weighted by molar-refractivity contribution is 0.0693. The summed E-state index contributed by atoms with van der Waals surface area (Å²) in [5.74, 6) is -0.798. The SMILES string of the molecule is Cc1cccc(NC2=CCC(C)n3c2ncc(C(=O)O)c3=O)c1. The van der Waals surface area contributed by atoms with E-state index in [1.54, 1.807) is 0 Å². The van der Waals surface area contributed by atoms with E-state index in [0.29, 0.717) is 17.9 Å². The summed E-state index contributed by atoms with van der Waals surface area (Å²) >= 11 is 0. The lowest BCUT2D eigenvalue weighted by Crippen LogP contribution is -2.34. The van der Waals surface area contributed by atoms with Crippen molar-refractivity contribution in [3.8, 4) is 0 Å². The fourth-order valence-electron chi connectivity index (χ4n) is 2.69. The molecule has 0 saturated carbocycles. The third-order valence-electron chi connectivity index (χ3n) is 3.87. The maximum Gasteiger partial charge on any atom is 0.342 e. The van der Waals surface area contributed by atoms with E-state index in [4.69, 9.17) is 5.11 Å². The maximum atomic E-state index is 12.4. The van der Waals surface area contributed by atoms with Crippen LogP contribution in [0.25, 0.3) is 5.70 Å². The molecule has 1 aromatic heterocycles.